The van der Waals surface area contributed by atoms with Crippen molar-refractivity contribution < 1.29 is 14.3 Å². The lowest BCUT2D eigenvalue weighted by Gasteiger charge is -2.31. The minimum atomic E-state index is -0.158. The second kappa shape index (κ2) is 9.20. The molecular weight excluding hydrogens is 378 g/mol. The Morgan fingerprint density at radius 2 is 1.77 bits per heavy atom. The zero-order valence-electron chi connectivity index (χ0n) is 17.4. The van der Waals surface area contributed by atoms with Crippen molar-refractivity contribution in [2.24, 2.45) is 5.92 Å². The second-order valence-corrected chi connectivity index (χ2v) is 8.09. The number of hydrogen-bond acceptors (Lipinski definition) is 3. The summed E-state index contributed by atoms with van der Waals surface area (Å²) in [6, 6.07) is 15.8. The van der Waals surface area contributed by atoms with Crippen LogP contribution in [-0.4, -0.2) is 31.6 Å². The quantitative estimate of drug-likeness (QED) is 0.795. The van der Waals surface area contributed by atoms with Gasteiger partial charge in [0.25, 0.3) is 0 Å². The summed E-state index contributed by atoms with van der Waals surface area (Å²) in [5, 5.41) is 5.96. The average Bonchev–Trinajstić information content (AvgIpc) is 3.22. The van der Waals surface area contributed by atoms with Crippen LogP contribution >= 0.6 is 0 Å². The molecule has 158 valence electrons. The number of anilines is 1. The number of para-hydroxylation sites is 1. The molecule has 30 heavy (non-hydrogen) atoms. The normalized spacial score (nSPS) is 20.4. The molecule has 2 aromatic rings. The maximum absolute atomic E-state index is 13.0. The Labute approximate surface area is 177 Å². The molecule has 0 atom stereocenters. The Morgan fingerprint density at radius 1 is 1.03 bits per heavy atom. The first-order chi connectivity index (χ1) is 14.6. The highest BCUT2D eigenvalue weighted by Crippen LogP contribution is 2.32. The number of methoxy groups -OCH3 is 1. The monoisotopic (exact) mass is 407 g/mol. The molecule has 1 aliphatic heterocycles. The van der Waals surface area contributed by atoms with Gasteiger partial charge in [-0.2, -0.15) is 0 Å². The molecule has 2 aromatic carbocycles. The third kappa shape index (κ3) is 4.58. The van der Waals surface area contributed by atoms with E-state index >= 15 is 0 Å². The van der Waals surface area contributed by atoms with Crippen molar-refractivity contribution in [3.8, 4) is 5.75 Å². The minimum Gasteiger partial charge on any atom is -0.497 e. The van der Waals surface area contributed by atoms with Gasteiger partial charge in [-0.05, 0) is 61.4 Å². The van der Waals surface area contributed by atoms with E-state index in [4.69, 9.17) is 4.74 Å². The molecule has 1 heterocycles. The van der Waals surface area contributed by atoms with E-state index in [1.54, 1.807) is 7.11 Å². The molecule has 0 aromatic heterocycles. The number of benzene rings is 2. The highest BCUT2D eigenvalue weighted by Gasteiger charge is 2.33. The van der Waals surface area contributed by atoms with Gasteiger partial charge in [-0.15, -0.1) is 0 Å². The van der Waals surface area contributed by atoms with Crippen molar-refractivity contribution in [3.63, 3.8) is 0 Å². The average molecular weight is 408 g/mol. The van der Waals surface area contributed by atoms with Gasteiger partial charge in [-0.1, -0.05) is 30.3 Å². The maximum Gasteiger partial charge on any atom is 0.315 e. The Morgan fingerprint density at radius 3 is 2.50 bits per heavy atom. The Bertz CT molecular complexity index is 889. The summed E-state index contributed by atoms with van der Waals surface area (Å²) < 4.78 is 5.14. The molecule has 6 nitrogen and oxygen atoms in total. The molecule has 0 bridgehead atoms. The van der Waals surface area contributed by atoms with Crippen LogP contribution in [0.1, 0.15) is 36.8 Å². The van der Waals surface area contributed by atoms with Gasteiger partial charge in [0.05, 0.1) is 7.11 Å². The van der Waals surface area contributed by atoms with Gasteiger partial charge in [0.2, 0.25) is 5.91 Å². The smallest absolute Gasteiger partial charge is 0.315 e. The lowest BCUT2D eigenvalue weighted by atomic mass is 9.85. The Balaban J connectivity index is 1.21. The lowest BCUT2D eigenvalue weighted by Crippen LogP contribution is -2.45. The van der Waals surface area contributed by atoms with Gasteiger partial charge in [0.15, 0.2) is 0 Å². The zero-order chi connectivity index (χ0) is 20.9. The molecule has 0 unspecified atom stereocenters. The first kappa shape index (κ1) is 20.3. The van der Waals surface area contributed by atoms with E-state index in [9.17, 15) is 9.59 Å². The predicted molar refractivity (Wildman–Crippen MR) is 117 cm³/mol. The number of rotatable bonds is 5. The largest absolute Gasteiger partial charge is 0.497 e. The number of ether oxygens (including phenoxy) is 1. The van der Waals surface area contributed by atoms with Crippen LogP contribution < -0.4 is 20.3 Å². The number of carbonyl (C=O) groups is 2. The van der Waals surface area contributed by atoms with Gasteiger partial charge in [0.1, 0.15) is 5.75 Å². The summed E-state index contributed by atoms with van der Waals surface area (Å²) in [5.74, 6) is 1.09. The second-order valence-electron chi connectivity index (χ2n) is 8.09. The number of fused-ring (bicyclic) bond motifs is 1. The summed E-state index contributed by atoms with van der Waals surface area (Å²) >= 11 is 0. The molecule has 1 saturated carbocycles. The Hall–Kier alpha value is -3.02. The summed E-state index contributed by atoms with van der Waals surface area (Å²) in [4.78, 5) is 27.2. The summed E-state index contributed by atoms with van der Waals surface area (Å²) in [6.07, 6.45) is 4.25. The van der Waals surface area contributed by atoms with Crippen molar-refractivity contribution in [1.29, 1.82) is 0 Å². The van der Waals surface area contributed by atoms with Gasteiger partial charge < -0.3 is 20.3 Å². The summed E-state index contributed by atoms with van der Waals surface area (Å²) in [6.45, 7) is 1.25. The Kier molecular flexibility index (Phi) is 6.21. The third-order valence-corrected chi connectivity index (χ3v) is 6.18. The lowest BCUT2D eigenvalue weighted by molar-refractivity contribution is -0.123. The van der Waals surface area contributed by atoms with Crippen molar-refractivity contribution in [3.05, 3.63) is 59.7 Å². The van der Waals surface area contributed by atoms with Gasteiger partial charge in [-0.25, -0.2) is 4.79 Å². The number of nitrogens with zero attached hydrogens (tertiary/aromatic N) is 1. The van der Waals surface area contributed by atoms with Crippen LogP contribution in [0.25, 0.3) is 0 Å². The molecule has 1 aliphatic carbocycles. The first-order valence-electron chi connectivity index (χ1n) is 10.7. The zero-order valence-corrected chi connectivity index (χ0v) is 17.4. The van der Waals surface area contributed by atoms with Crippen molar-refractivity contribution >= 4 is 17.6 Å². The SMILES string of the molecule is COc1ccc(CNC(=O)NC2CCC(C(=O)N3CCc4ccccc43)CC2)cc1. The van der Waals surface area contributed by atoms with E-state index in [0.717, 1.165) is 55.6 Å². The molecule has 3 amide bonds. The highest BCUT2D eigenvalue weighted by atomic mass is 16.5. The molecule has 0 saturated heterocycles. The van der Waals surface area contributed by atoms with Crippen LogP contribution in [0.2, 0.25) is 0 Å². The van der Waals surface area contributed by atoms with Crippen LogP contribution in [0.4, 0.5) is 10.5 Å². The molecule has 2 aliphatic rings. The fourth-order valence-corrected chi connectivity index (χ4v) is 4.43. The van der Waals surface area contributed by atoms with Crippen LogP contribution in [0.3, 0.4) is 0 Å². The predicted octanol–water partition coefficient (Wildman–Crippen LogP) is 3.64. The van der Waals surface area contributed by atoms with E-state index in [0.29, 0.717) is 6.54 Å². The van der Waals surface area contributed by atoms with Gasteiger partial charge >= 0.3 is 6.03 Å². The number of urea groups is 1. The summed E-state index contributed by atoms with van der Waals surface area (Å²) in [5.41, 5.74) is 3.35. The molecule has 2 N–H and O–H groups in total. The number of carbonyl (C=O) groups excluding carboxylic acids is 2. The topological polar surface area (TPSA) is 70.7 Å². The molecule has 1 fully saturated rings. The number of nitrogens with one attached hydrogen (secondary N) is 2. The number of hydrogen-bond donors (Lipinski definition) is 2. The van der Waals surface area contributed by atoms with E-state index in [-0.39, 0.29) is 23.9 Å². The fraction of sp³-hybridized carbons (Fsp3) is 0.417. The molecular formula is C24H29N3O3. The van der Waals surface area contributed by atoms with Crippen LogP contribution in [-0.2, 0) is 17.8 Å². The van der Waals surface area contributed by atoms with E-state index < -0.39 is 0 Å². The van der Waals surface area contributed by atoms with Gasteiger partial charge in [0, 0.05) is 30.7 Å². The van der Waals surface area contributed by atoms with Crippen LogP contribution in [0.5, 0.6) is 5.75 Å². The first-order valence-corrected chi connectivity index (χ1v) is 10.7. The molecule has 4 rings (SSSR count). The van der Waals surface area contributed by atoms with E-state index in [1.807, 2.05) is 47.4 Å². The van der Waals surface area contributed by atoms with E-state index in [1.165, 1.54) is 5.56 Å². The minimum absolute atomic E-state index is 0.0524. The van der Waals surface area contributed by atoms with Crippen molar-refractivity contribution in [1.82, 2.24) is 10.6 Å². The molecule has 0 radical (unpaired) electrons. The van der Waals surface area contributed by atoms with Crippen LogP contribution in [0, 0.1) is 5.92 Å². The number of amides is 3. The standard InChI is InChI=1S/C24H29N3O3/c1-30-21-12-6-17(7-13-21)16-25-24(29)26-20-10-8-19(9-11-20)23(28)27-15-14-18-4-2-3-5-22(18)27/h2-7,12-13,19-20H,8-11,14-16H2,1H3,(H2,25,26,29). The molecule has 6 heteroatoms. The highest BCUT2D eigenvalue weighted by molar-refractivity contribution is 5.97. The third-order valence-electron chi connectivity index (χ3n) is 6.18. The molecule has 0 spiro atoms. The van der Waals surface area contributed by atoms with Crippen molar-refractivity contribution in [2.45, 2.75) is 44.7 Å². The van der Waals surface area contributed by atoms with Crippen molar-refractivity contribution in [2.75, 3.05) is 18.6 Å². The van der Waals surface area contributed by atoms with Gasteiger partial charge in [-0.3, -0.25) is 4.79 Å². The summed E-state index contributed by atoms with van der Waals surface area (Å²) in [7, 11) is 1.63. The van der Waals surface area contributed by atoms with E-state index in [2.05, 4.69) is 16.7 Å². The van der Waals surface area contributed by atoms with Crippen LogP contribution in [0.15, 0.2) is 48.5 Å². The fourth-order valence-electron chi connectivity index (χ4n) is 4.43. The maximum atomic E-state index is 13.0.